The molecule has 0 spiro atoms. The lowest BCUT2D eigenvalue weighted by Crippen LogP contribution is -2.01. The zero-order chi connectivity index (χ0) is 17.2. The minimum atomic E-state index is 0.0725. The second-order valence-electron chi connectivity index (χ2n) is 6.50. The van der Waals surface area contributed by atoms with Crippen molar-refractivity contribution in [2.75, 3.05) is 0 Å². The Balaban J connectivity index is 1.64. The van der Waals surface area contributed by atoms with Crippen molar-refractivity contribution in [3.63, 3.8) is 0 Å². The lowest BCUT2D eigenvalue weighted by Gasteiger charge is -2.14. The molecule has 1 aliphatic rings. The molecule has 0 saturated heterocycles. The number of hydrogen-bond acceptors (Lipinski definition) is 1. The molecule has 0 radical (unpaired) electrons. The fourth-order valence-electron chi connectivity index (χ4n) is 3.67. The van der Waals surface area contributed by atoms with Gasteiger partial charge in [0.25, 0.3) is 0 Å². The Kier molecular flexibility index (Phi) is 3.99. The summed E-state index contributed by atoms with van der Waals surface area (Å²) < 4.78 is 0. The van der Waals surface area contributed by atoms with Gasteiger partial charge in [0.15, 0.2) is 0 Å². The molecule has 0 aromatic heterocycles. The summed E-state index contributed by atoms with van der Waals surface area (Å²) in [6, 6.07) is 26.0. The SMILES string of the molecule is C=C(O)/C=C/c1ccc(CC2c3ccccc3-c3ccccc32)cc1. The zero-order valence-electron chi connectivity index (χ0n) is 14.0. The van der Waals surface area contributed by atoms with E-state index in [0.717, 1.165) is 12.0 Å². The second kappa shape index (κ2) is 6.45. The third-order valence-electron chi connectivity index (χ3n) is 4.85. The van der Waals surface area contributed by atoms with Crippen molar-refractivity contribution in [3.8, 4) is 11.1 Å². The maximum absolute atomic E-state index is 9.16. The van der Waals surface area contributed by atoms with Gasteiger partial charge in [-0.1, -0.05) is 85.5 Å². The molecule has 0 atom stereocenters. The number of rotatable bonds is 4. The van der Waals surface area contributed by atoms with E-state index in [1.807, 2.05) is 6.08 Å². The van der Waals surface area contributed by atoms with Gasteiger partial charge in [-0.25, -0.2) is 0 Å². The summed E-state index contributed by atoms with van der Waals surface area (Å²) >= 11 is 0. The summed E-state index contributed by atoms with van der Waals surface area (Å²) in [6.45, 7) is 3.47. The van der Waals surface area contributed by atoms with E-state index in [1.165, 1.54) is 27.8 Å². The number of aliphatic hydroxyl groups is 1. The highest BCUT2D eigenvalue weighted by atomic mass is 16.3. The first kappa shape index (κ1) is 15.5. The molecule has 3 aromatic carbocycles. The summed E-state index contributed by atoms with van der Waals surface area (Å²) in [7, 11) is 0. The minimum Gasteiger partial charge on any atom is -0.509 e. The standard InChI is InChI=1S/C24H20O/c1-17(25)10-11-18-12-14-19(15-13-18)16-24-22-8-4-2-6-20(22)21-7-3-5-9-23(21)24/h2-15,24-25H,1,16H2/b11-10+. The van der Waals surface area contributed by atoms with Crippen LogP contribution in [0.3, 0.4) is 0 Å². The lowest BCUT2D eigenvalue weighted by molar-refractivity contribution is 0.436. The molecule has 0 unspecified atom stereocenters. The van der Waals surface area contributed by atoms with Crippen LogP contribution in [0.2, 0.25) is 0 Å². The number of fused-ring (bicyclic) bond motifs is 3. The molecule has 1 aliphatic carbocycles. The zero-order valence-corrected chi connectivity index (χ0v) is 14.0. The normalized spacial score (nSPS) is 13.0. The first-order chi connectivity index (χ1) is 12.2. The second-order valence-corrected chi connectivity index (χ2v) is 6.50. The minimum absolute atomic E-state index is 0.0725. The molecule has 0 aliphatic heterocycles. The molecule has 1 N–H and O–H groups in total. The highest BCUT2D eigenvalue weighted by Gasteiger charge is 2.27. The molecule has 0 bridgehead atoms. The lowest BCUT2D eigenvalue weighted by atomic mass is 9.90. The van der Waals surface area contributed by atoms with Gasteiger partial charge in [0.05, 0.1) is 0 Å². The van der Waals surface area contributed by atoms with Crippen molar-refractivity contribution in [2.24, 2.45) is 0 Å². The quantitative estimate of drug-likeness (QED) is 0.452. The van der Waals surface area contributed by atoms with Crippen molar-refractivity contribution in [1.29, 1.82) is 0 Å². The van der Waals surface area contributed by atoms with Crippen LogP contribution in [0.5, 0.6) is 0 Å². The fraction of sp³-hybridized carbons (Fsp3) is 0.0833. The van der Waals surface area contributed by atoms with E-state index in [2.05, 4.69) is 79.4 Å². The van der Waals surface area contributed by atoms with E-state index in [9.17, 15) is 0 Å². The van der Waals surface area contributed by atoms with Crippen LogP contribution in [0.15, 0.2) is 91.2 Å². The van der Waals surface area contributed by atoms with Gasteiger partial charge in [0.1, 0.15) is 5.76 Å². The monoisotopic (exact) mass is 324 g/mol. The van der Waals surface area contributed by atoms with Crippen LogP contribution in [-0.4, -0.2) is 5.11 Å². The predicted octanol–water partition coefficient (Wildman–Crippen LogP) is 6.13. The van der Waals surface area contributed by atoms with Gasteiger partial charge >= 0.3 is 0 Å². The molecule has 1 nitrogen and oxygen atoms in total. The average molecular weight is 324 g/mol. The Morgan fingerprint density at radius 2 is 1.40 bits per heavy atom. The number of hydrogen-bond donors (Lipinski definition) is 1. The van der Waals surface area contributed by atoms with Gasteiger partial charge in [-0.15, -0.1) is 0 Å². The first-order valence-corrected chi connectivity index (χ1v) is 8.55. The van der Waals surface area contributed by atoms with Crippen molar-refractivity contribution in [1.82, 2.24) is 0 Å². The van der Waals surface area contributed by atoms with Crippen molar-refractivity contribution in [2.45, 2.75) is 12.3 Å². The Labute approximate surface area is 148 Å². The molecule has 1 heteroatoms. The Hall–Kier alpha value is -3.06. The molecule has 25 heavy (non-hydrogen) atoms. The number of aliphatic hydroxyl groups excluding tert-OH is 1. The summed E-state index contributed by atoms with van der Waals surface area (Å²) in [5, 5.41) is 9.16. The first-order valence-electron chi connectivity index (χ1n) is 8.55. The van der Waals surface area contributed by atoms with E-state index in [-0.39, 0.29) is 5.76 Å². The van der Waals surface area contributed by atoms with Crippen LogP contribution < -0.4 is 0 Å². The van der Waals surface area contributed by atoms with Crippen molar-refractivity contribution in [3.05, 3.63) is 113 Å². The highest BCUT2D eigenvalue weighted by molar-refractivity contribution is 5.78. The van der Waals surface area contributed by atoms with E-state index in [0.29, 0.717) is 5.92 Å². The van der Waals surface area contributed by atoms with E-state index < -0.39 is 0 Å². The van der Waals surface area contributed by atoms with Crippen LogP contribution in [0.1, 0.15) is 28.2 Å². The highest BCUT2D eigenvalue weighted by Crippen LogP contribution is 2.45. The molecule has 3 aromatic rings. The van der Waals surface area contributed by atoms with Gasteiger partial charge in [-0.2, -0.15) is 0 Å². The van der Waals surface area contributed by atoms with Crippen LogP contribution in [0.25, 0.3) is 17.2 Å². The summed E-state index contributed by atoms with van der Waals surface area (Å²) in [5.41, 5.74) is 7.95. The summed E-state index contributed by atoms with van der Waals surface area (Å²) in [5.74, 6) is 0.481. The topological polar surface area (TPSA) is 20.2 Å². The molecule has 0 saturated carbocycles. The Bertz CT molecular complexity index is 902. The maximum Gasteiger partial charge on any atom is 0.108 e. The van der Waals surface area contributed by atoms with Crippen LogP contribution in [-0.2, 0) is 6.42 Å². The van der Waals surface area contributed by atoms with Crippen LogP contribution in [0, 0.1) is 0 Å². The van der Waals surface area contributed by atoms with E-state index in [4.69, 9.17) is 5.11 Å². The molecular weight excluding hydrogens is 304 g/mol. The average Bonchev–Trinajstić information content (AvgIpc) is 2.96. The molecule has 122 valence electrons. The molecule has 0 heterocycles. The largest absolute Gasteiger partial charge is 0.509 e. The van der Waals surface area contributed by atoms with Gasteiger partial charge in [-0.3, -0.25) is 0 Å². The van der Waals surface area contributed by atoms with Gasteiger partial charge in [0, 0.05) is 5.92 Å². The molecular formula is C24H20O. The molecule has 4 rings (SSSR count). The summed E-state index contributed by atoms with van der Waals surface area (Å²) in [6.07, 6.45) is 4.47. The van der Waals surface area contributed by atoms with Crippen LogP contribution >= 0.6 is 0 Å². The third kappa shape index (κ3) is 3.01. The number of benzene rings is 3. The van der Waals surface area contributed by atoms with Crippen molar-refractivity contribution < 1.29 is 5.11 Å². The van der Waals surface area contributed by atoms with Gasteiger partial charge in [-0.05, 0) is 45.9 Å². The van der Waals surface area contributed by atoms with Crippen LogP contribution in [0.4, 0.5) is 0 Å². The van der Waals surface area contributed by atoms with Gasteiger partial charge in [0.2, 0.25) is 0 Å². The smallest absolute Gasteiger partial charge is 0.108 e. The Morgan fingerprint density at radius 3 is 1.96 bits per heavy atom. The van der Waals surface area contributed by atoms with Crippen molar-refractivity contribution >= 4 is 6.08 Å². The molecule has 0 fully saturated rings. The maximum atomic E-state index is 9.16. The predicted molar refractivity (Wildman–Crippen MR) is 105 cm³/mol. The fourth-order valence-corrected chi connectivity index (χ4v) is 3.67. The number of allylic oxidation sites excluding steroid dienone is 1. The molecule has 0 amide bonds. The summed E-state index contributed by atoms with van der Waals surface area (Å²) in [4.78, 5) is 0. The third-order valence-corrected chi connectivity index (χ3v) is 4.85. The van der Waals surface area contributed by atoms with E-state index in [1.54, 1.807) is 6.08 Å². The van der Waals surface area contributed by atoms with E-state index >= 15 is 0 Å². The van der Waals surface area contributed by atoms with Gasteiger partial charge < -0.3 is 5.11 Å². The Morgan fingerprint density at radius 1 is 0.840 bits per heavy atom.